The largest absolute Gasteiger partial charge is 0.492 e. The van der Waals surface area contributed by atoms with Gasteiger partial charge in [-0.2, -0.15) is 8.42 Å². The van der Waals surface area contributed by atoms with Crippen LogP contribution in [0.25, 0.3) is 21.1 Å². The Morgan fingerprint density at radius 1 is 0.740 bits per heavy atom. The number of benzene rings is 3. The molecule has 0 fully saturated rings. The molecule has 11 nitrogen and oxygen atoms in total. The lowest BCUT2D eigenvalue weighted by atomic mass is 9.98. The van der Waals surface area contributed by atoms with Gasteiger partial charge in [0, 0.05) is 23.7 Å². The quantitative estimate of drug-likeness (QED) is 0.0981. The summed E-state index contributed by atoms with van der Waals surface area (Å²) in [5.41, 5.74) is 1.68. The van der Waals surface area contributed by atoms with Gasteiger partial charge in [-0.05, 0) is 60.8 Å². The van der Waals surface area contributed by atoms with E-state index in [9.17, 15) is 23.5 Å². The molecule has 0 heterocycles. The fraction of sp³-hybridized carbons (Fsp3) is 0.368. The van der Waals surface area contributed by atoms with Crippen molar-refractivity contribution in [3.63, 3.8) is 0 Å². The van der Waals surface area contributed by atoms with Crippen molar-refractivity contribution < 1.29 is 31.9 Å². The summed E-state index contributed by atoms with van der Waals surface area (Å²) in [5.74, 6) is -0.116. The molecule has 0 amide bonds. The van der Waals surface area contributed by atoms with Crippen LogP contribution in [0.15, 0.2) is 72.8 Å². The summed E-state index contributed by atoms with van der Waals surface area (Å²) in [6.07, 6.45) is 2.61. The molecule has 0 aliphatic heterocycles. The first kappa shape index (κ1) is 39.2. The lowest BCUT2D eigenvalue weighted by Crippen LogP contribution is -2.22. The molecule has 2 atom stereocenters. The maximum absolute atomic E-state index is 11.6. The van der Waals surface area contributed by atoms with E-state index in [0.29, 0.717) is 25.4 Å². The van der Waals surface area contributed by atoms with E-state index in [1.54, 1.807) is 0 Å². The topological polar surface area (TPSA) is 148 Å². The summed E-state index contributed by atoms with van der Waals surface area (Å²) in [6.45, 7) is 18.3. The van der Waals surface area contributed by atoms with Gasteiger partial charge in [0.25, 0.3) is 21.5 Å². The van der Waals surface area contributed by atoms with Crippen molar-refractivity contribution in [2.45, 2.75) is 32.6 Å². The van der Waals surface area contributed by atoms with Crippen molar-refractivity contribution in [2.24, 2.45) is 11.8 Å². The summed E-state index contributed by atoms with van der Waals surface area (Å²) in [4.78, 5) is 6.63. The number of hydrogen-bond acceptors (Lipinski definition) is 8. The molecule has 3 aromatic rings. The number of nitrogens with zero attached hydrogens (tertiary/aromatic N) is 4. The average Bonchev–Trinajstić information content (AvgIpc) is 3.10. The Morgan fingerprint density at radius 2 is 1.20 bits per heavy atom. The van der Waals surface area contributed by atoms with Gasteiger partial charge in [0.05, 0.1) is 44.2 Å². The molecule has 0 radical (unpaired) electrons. The predicted molar refractivity (Wildman–Crippen MR) is 188 cm³/mol. The summed E-state index contributed by atoms with van der Waals surface area (Å²) in [7, 11) is -4.18. The van der Waals surface area contributed by atoms with Crippen molar-refractivity contribution in [3.8, 4) is 23.6 Å². The van der Waals surface area contributed by atoms with Crippen LogP contribution >= 0.6 is 0 Å². The molecule has 12 heteroatoms. The van der Waals surface area contributed by atoms with Crippen LogP contribution in [0.3, 0.4) is 0 Å². The minimum Gasteiger partial charge on any atom is -0.492 e. The normalized spacial score (nSPS) is 13.4. The molecular weight excluding hydrogens is 657 g/mol. The highest BCUT2D eigenvalue weighted by Gasteiger charge is 2.18. The van der Waals surface area contributed by atoms with E-state index in [-0.39, 0.29) is 72.3 Å². The molecular formula is C38H40N4O7S. The maximum atomic E-state index is 11.6. The van der Waals surface area contributed by atoms with Gasteiger partial charge in [0.2, 0.25) is 0 Å². The molecule has 2 unspecified atom stereocenters. The molecule has 0 aliphatic carbocycles. The van der Waals surface area contributed by atoms with Crippen LogP contribution in [0.4, 0.5) is 0 Å². The summed E-state index contributed by atoms with van der Waals surface area (Å²) < 4.78 is 55.8. The molecule has 260 valence electrons. The highest BCUT2D eigenvalue weighted by Crippen LogP contribution is 2.16. The van der Waals surface area contributed by atoms with Crippen molar-refractivity contribution in [2.75, 3.05) is 45.4 Å². The van der Waals surface area contributed by atoms with Crippen LogP contribution in [-0.4, -0.2) is 58.4 Å². The third-order valence-electron chi connectivity index (χ3n) is 7.66. The van der Waals surface area contributed by atoms with Crippen LogP contribution in [-0.2, 0) is 32.4 Å². The van der Waals surface area contributed by atoms with E-state index in [4.69, 9.17) is 32.1 Å². The van der Waals surface area contributed by atoms with Crippen molar-refractivity contribution in [1.29, 1.82) is 10.5 Å². The lowest BCUT2D eigenvalue weighted by molar-refractivity contribution is 0.0898. The first-order chi connectivity index (χ1) is 24.2. The van der Waals surface area contributed by atoms with E-state index in [1.165, 1.54) is 17.7 Å². The highest BCUT2D eigenvalue weighted by molar-refractivity contribution is 7.85. The van der Waals surface area contributed by atoms with Crippen LogP contribution in [0.2, 0.25) is 0 Å². The van der Waals surface area contributed by atoms with Gasteiger partial charge in [-0.3, -0.25) is 4.55 Å². The first-order valence-corrected chi connectivity index (χ1v) is 17.7. The smallest absolute Gasteiger partial charge is 0.272 e. The van der Waals surface area contributed by atoms with Crippen molar-refractivity contribution in [1.82, 2.24) is 0 Å². The van der Waals surface area contributed by atoms with Gasteiger partial charge < -0.3 is 18.9 Å². The number of rotatable bonds is 20. The summed E-state index contributed by atoms with van der Waals surface area (Å²) >= 11 is 0. The van der Waals surface area contributed by atoms with Gasteiger partial charge in [0.15, 0.2) is 0 Å². The third kappa shape index (κ3) is 13.7. The summed E-state index contributed by atoms with van der Waals surface area (Å²) in [6, 6.07) is 26.1. The Hall–Kier alpha value is -5.21. The third-order valence-corrected chi connectivity index (χ3v) is 8.56. The van der Waals surface area contributed by atoms with Crippen LogP contribution < -0.4 is 19.9 Å². The Bertz CT molecular complexity index is 1910. The zero-order valence-electron chi connectivity index (χ0n) is 28.0. The SMILES string of the molecule is [C-]#[N+]/C(C#N)=c1/cc(OCCOCCC(Cc2ccccc2)CS(=O)(=O)O)/c(=C(\C#N)[N+]#[C-])cc1OCCOCCC(C)Cc1ccccc1. The van der Waals surface area contributed by atoms with Crippen LogP contribution in [0.5, 0.6) is 11.5 Å². The monoisotopic (exact) mass is 696 g/mol. The van der Waals surface area contributed by atoms with E-state index >= 15 is 0 Å². The fourth-order valence-electron chi connectivity index (χ4n) is 5.23. The van der Waals surface area contributed by atoms with Crippen LogP contribution in [0, 0.1) is 47.6 Å². The predicted octanol–water partition coefficient (Wildman–Crippen LogP) is 4.99. The summed E-state index contributed by atoms with van der Waals surface area (Å²) in [5, 5.41) is 19.6. The van der Waals surface area contributed by atoms with E-state index < -0.39 is 15.9 Å². The van der Waals surface area contributed by atoms with Gasteiger partial charge in [0.1, 0.15) is 24.7 Å². The second-order valence-corrected chi connectivity index (χ2v) is 13.1. The molecule has 0 spiro atoms. The standard InChI is InChI=1S/C38H40N4O7S/c1-29(22-30-10-6-4-7-11-30)14-16-46-18-20-48-37-24-34(36(27-40)42-3)38(25-33(37)35(26-39)41-2)49-21-19-47-17-15-32(28-50(43,44)45)23-31-12-8-5-9-13-31/h4-13,24-25,29,32H,14-23,28H2,1H3,(H,43,44,45)/b35-33-,36-34+. The molecule has 1 N–H and O–H groups in total. The van der Waals surface area contributed by atoms with E-state index in [0.717, 1.165) is 18.4 Å². The van der Waals surface area contributed by atoms with Gasteiger partial charge in [-0.1, -0.05) is 67.6 Å². The number of nitriles is 2. The second-order valence-electron chi connectivity index (χ2n) is 11.6. The minimum absolute atomic E-state index is 0.0125. The van der Waals surface area contributed by atoms with E-state index in [1.807, 2.05) is 60.7 Å². The molecule has 0 saturated heterocycles. The Kier molecular flexibility index (Phi) is 16.5. The number of ether oxygens (including phenoxy) is 4. The molecule has 0 aliphatic rings. The molecule has 0 bridgehead atoms. The Labute approximate surface area is 294 Å². The molecule has 3 aromatic carbocycles. The van der Waals surface area contributed by atoms with Gasteiger partial charge in [-0.15, -0.1) is 0 Å². The fourth-order valence-corrected chi connectivity index (χ4v) is 6.11. The number of hydrogen-bond donors (Lipinski definition) is 1. The molecule has 50 heavy (non-hydrogen) atoms. The van der Waals surface area contributed by atoms with Crippen LogP contribution in [0.1, 0.15) is 30.9 Å². The van der Waals surface area contributed by atoms with Gasteiger partial charge >= 0.3 is 0 Å². The first-order valence-electron chi connectivity index (χ1n) is 16.1. The van der Waals surface area contributed by atoms with Crippen molar-refractivity contribution in [3.05, 3.63) is 117 Å². The molecule has 3 rings (SSSR count). The highest BCUT2D eigenvalue weighted by atomic mass is 32.2. The van der Waals surface area contributed by atoms with Crippen molar-refractivity contribution >= 4 is 21.5 Å². The zero-order valence-corrected chi connectivity index (χ0v) is 28.8. The lowest BCUT2D eigenvalue weighted by Gasteiger charge is -2.16. The van der Waals surface area contributed by atoms with Gasteiger partial charge in [-0.25, -0.2) is 20.2 Å². The second kappa shape index (κ2) is 21.0. The Morgan fingerprint density at radius 3 is 1.64 bits per heavy atom. The maximum Gasteiger partial charge on any atom is 0.272 e. The van der Waals surface area contributed by atoms with E-state index in [2.05, 4.69) is 28.7 Å². The average molecular weight is 697 g/mol. The molecule has 0 aromatic heterocycles. The molecule has 0 saturated carbocycles. The minimum atomic E-state index is -4.18. The Balaban J connectivity index is 1.63. The zero-order chi connectivity index (χ0) is 36.2.